The van der Waals surface area contributed by atoms with E-state index in [-0.39, 0.29) is 17.9 Å². The SMILES string of the molecule is COc1ccc(C(=O)COC(=O)CN2C(=O)CN(C)C2=O)cc1F. The van der Waals surface area contributed by atoms with Crippen molar-refractivity contribution >= 4 is 23.7 Å². The largest absolute Gasteiger partial charge is 0.494 e. The minimum absolute atomic E-state index is 0.00848. The maximum Gasteiger partial charge on any atom is 0.327 e. The van der Waals surface area contributed by atoms with Gasteiger partial charge in [-0.15, -0.1) is 0 Å². The molecule has 0 atom stereocenters. The molecule has 0 radical (unpaired) electrons. The van der Waals surface area contributed by atoms with E-state index in [1.165, 1.54) is 26.3 Å². The third-order valence-electron chi connectivity index (χ3n) is 3.36. The van der Waals surface area contributed by atoms with Gasteiger partial charge in [-0.2, -0.15) is 0 Å². The second-order valence-corrected chi connectivity index (χ2v) is 5.05. The minimum Gasteiger partial charge on any atom is -0.494 e. The summed E-state index contributed by atoms with van der Waals surface area (Å²) in [6, 6.07) is 2.97. The Morgan fingerprint density at radius 3 is 2.54 bits per heavy atom. The van der Waals surface area contributed by atoms with Gasteiger partial charge in [-0.1, -0.05) is 0 Å². The first-order valence-electron chi connectivity index (χ1n) is 6.91. The zero-order valence-corrected chi connectivity index (χ0v) is 13.1. The quantitative estimate of drug-likeness (QED) is 0.425. The lowest BCUT2D eigenvalue weighted by atomic mass is 10.1. The number of urea groups is 1. The number of esters is 1. The summed E-state index contributed by atoms with van der Waals surface area (Å²) < 4.78 is 23.0. The predicted molar refractivity (Wildman–Crippen MR) is 78.0 cm³/mol. The van der Waals surface area contributed by atoms with Gasteiger partial charge in [0, 0.05) is 12.6 Å². The normalized spacial score (nSPS) is 14.1. The first-order valence-corrected chi connectivity index (χ1v) is 6.91. The lowest BCUT2D eigenvalue weighted by molar-refractivity contribution is -0.145. The molecule has 0 spiro atoms. The number of methoxy groups -OCH3 is 1. The van der Waals surface area contributed by atoms with Crippen LogP contribution in [0, 0.1) is 5.82 Å². The van der Waals surface area contributed by atoms with E-state index in [1.807, 2.05) is 0 Å². The summed E-state index contributed by atoms with van der Waals surface area (Å²) in [4.78, 5) is 48.6. The Balaban J connectivity index is 1.90. The lowest BCUT2D eigenvalue weighted by Gasteiger charge is -2.13. The van der Waals surface area contributed by atoms with E-state index in [4.69, 9.17) is 9.47 Å². The highest BCUT2D eigenvalue weighted by molar-refractivity contribution is 6.04. The Morgan fingerprint density at radius 2 is 2.00 bits per heavy atom. The van der Waals surface area contributed by atoms with Crippen LogP contribution < -0.4 is 4.74 Å². The highest BCUT2D eigenvalue weighted by Crippen LogP contribution is 2.18. The Bertz CT molecular complexity index is 705. The summed E-state index contributed by atoms with van der Waals surface area (Å²) in [6.07, 6.45) is 0. The number of hydrogen-bond donors (Lipinski definition) is 0. The summed E-state index contributed by atoms with van der Waals surface area (Å²) in [6.45, 7) is -1.32. The number of likely N-dealkylation sites (N-methyl/N-ethyl adjacent to an activating group) is 1. The first kappa shape index (κ1) is 17.4. The molecule has 8 nitrogen and oxygen atoms in total. The molecule has 0 aromatic heterocycles. The number of ether oxygens (including phenoxy) is 2. The van der Waals surface area contributed by atoms with E-state index in [2.05, 4.69) is 0 Å². The molecule has 0 N–H and O–H groups in total. The molecule has 1 aliphatic rings. The summed E-state index contributed by atoms with van der Waals surface area (Å²) in [5.74, 6) is -2.79. The van der Waals surface area contributed by atoms with Crippen molar-refractivity contribution in [1.29, 1.82) is 0 Å². The van der Waals surface area contributed by atoms with Gasteiger partial charge in [-0.05, 0) is 18.2 Å². The monoisotopic (exact) mass is 338 g/mol. The second kappa shape index (κ2) is 7.07. The fraction of sp³-hybridized carbons (Fsp3) is 0.333. The summed E-state index contributed by atoms with van der Waals surface area (Å²) in [5, 5.41) is 0. The van der Waals surface area contributed by atoms with Gasteiger partial charge in [0.15, 0.2) is 24.0 Å². The Labute approximate surface area is 136 Å². The molecule has 0 unspecified atom stereocenters. The molecule has 0 bridgehead atoms. The molecule has 2 rings (SSSR count). The Morgan fingerprint density at radius 1 is 1.29 bits per heavy atom. The highest BCUT2D eigenvalue weighted by atomic mass is 19.1. The van der Waals surface area contributed by atoms with Gasteiger partial charge in [0.2, 0.25) is 0 Å². The maximum atomic E-state index is 13.5. The van der Waals surface area contributed by atoms with Gasteiger partial charge in [0.05, 0.1) is 7.11 Å². The van der Waals surface area contributed by atoms with E-state index >= 15 is 0 Å². The van der Waals surface area contributed by atoms with E-state index in [1.54, 1.807) is 0 Å². The van der Waals surface area contributed by atoms with Crippen molar-refractivity contribution in [3.63, 3.8) is 0 Å². The molecule has 1 aromatic carbocycles. The number of carbonyl (C=O) groups excluding carboxylic acids is 4. The van der Waals surface area contributed by atoms with Crippen molar-refractivity contribution in [2.75, 3.05) is 33.9 Å². The highest BCUT2D eigenvalue weighted by Gasteiger charge is 2.35. The number of benzene rings is 1. The summed E-state index contributed by atoms with van der Waals surface area (Å²) in [5.41, 5.74) is 0.00848. The van der Waals surface area contributed by atoms with E-state index < -0.39 is 42.7 Å². The van der Waals surface area contributed by atoms with Crippen LogP contribution in [-0.2, 0) is 14.3 Å². The second-order valence-electron chi connectivity index (χ2n) is 5.05. The third-order valence-corrected chi connectivity index (χ3v) is 3.36. The Hall–Kier alpha value is -2.97. The molecular weight excluding hydrogens is 323 g/mol. The van der Waals surface area contributed by atoms with Crippen LogP contribution in [0.15, 0.2) is 18.2 Å². The minimum atomic E-state index is -0.908. The number of ketones is 1. The lowest BCUT2D eigenvalue weighted by Crippen LogP contribution is -2.37. The first-order chi connectivity index (χ1) is 11.3. The molecule has 0 saturated carbocycles. The average Bonchev–Trinajstić information content (AvgIpc) is 2.78. The fourth-order valence-corrected chi connectivity index (χ4v) is 2.07. The smallest absolute Gasteiger partial charge is 0.327 e. The molecule has 1 aliphatic heterocycles. The number of imide groups is 1. The molecule has 0 aliphatic carbocycles. The van der Waals surface area contributed by atoms with E-state index in [0.717, 1.165) is 15.9 Å². The number of carbonyl (C=O) groups is 4. The molecule has 9 heteroatoms. The van der Waals surface area contributed by atoms with Crippen molar-refractivity contribution in [3.8, 4) is 5.75 Å². The van der Waals surface area contributed by atoms with Crippen LogP contribution in [0.3, 0.4) is 0 Å². The van der Waals surface area contributed by atoms with Crippen LogP contribution in [-0.4, -0.2) is 67.3 Å². The van der Waals surface area contributed by atoms with E-state index in [9.17, 15) is 23.6 Å². The zero-order chi connectivity index (χ0) is 17.9. The maximum absolute atomic E-state index is 13.5. The van der Waals surface area contributed by atoms with Gasteiger partial charge in [0.1, 0.15) is 13.1 Å². The van der Waals surface area contributed by atoms with Gasteiger partial charge in [-0.3, -0.25) is 19.3 Å². The van der Waals surface area contributed by atoms with Crippen LogP contribution in [0.2, 0.25) is 0 Å². The van der Waals surface area contributed by atoms with Gasteiger partial charge in [0.25, 0.3) is 5.91 Å². The van der Waals surface area contributed by atoms with Crippen molar-refractivity contribution < 1.29 is 33.0 Å². The molecule has 1 heterocycles. The van der Waals surface area contributed by atoms with E-state index in [0.29, 0.717) is 0 Å². The molecule has 3 amide bonds. The van der Waals surface area contributed by atoms with Crippen molar-refractivity contribution in [1.82, 2.24) is 9.80 Å². The molecule has 1 saturated heterocycles. The van der Waals surface area contributed by atoms with Crippen molar-refractivity contribution in [3.05, 3.63) is 29.6 Å². The fourth-order valence-electron chi connectivity index (χ4n) is 2.07. The standard InChI is InChI=1S/C15H15FN2O6/c1-17-6-13(20)18(15(17)22)7-14(21)24-8-11(19)9-3-4-12(23-2)10(16)5-9/h3-5H,6-8H2,1-2H3. The van der Waals surface area contributed by atoms with Gasteiger partial charge >= 0.3 is 12.0 Å². The number of Topliss-reactive ketones (excluding diaryl/α,β-unsaturated/α-hetero) is 1. The van der Waals surface area contributed by atoms with Crippen LogP contribution >= 0.6 is 0 Å². The number of hydrogen-bond acceptors (Lipinski definition) is 6. The number of halogens is 1. The van der Waals surface area contributed by atoms with Crippen LogP contribution in [0.25, 0.3) is 0 Å². The average molecular weight is 338 g/mol. The molecule has 24 heavy (non-hydrogen) atoms. The van der Waals surface area contributed by atoms with Crippen LogP contribution in [0.5, 0.6) is 5.75 Å². The predicted octanol–water partition coefficient (Wildman–Crippen LogP) is 0.454. The topological polar surface area (TPSA) is 93.2 Å². The molecule has 128 valence electrons. The molecule has 1 fully saturated rings. The number of amides is 3. The number of rotatable bonds is 6. The summed E-state index contributed by atoms with van der Waals surface area (Å²) in [7, 11) is 2.72. The van der Waals surface area contributed by atoms with Crippen LogP contribution in [0.1, 0.15) is 10.4 Å². The van der Waals surface area contributed by atoms with Crippen LogP contribution in [0.4, 0.5) is 9.18 Å². The van der Waals surface area contributed by atoms with Crippen molar-refractivity contribution in [2.45, 2.75) is 0 Å². The van der Waals surface area contributed by atoms with Crippen molar-refractivity contribution in [2.24, 2.45) is 0 Å². The van der Waals surface area contributed by atoms with Gasteiger partial charge < -0.3 is 14.4 Å². The molecular formula is C15H15FN2O6. The number of nitrogens with zero attached hydrogens (tertiary/aromatic N) is 2. The summed E-state index contributed by atoms with van der Waals surface area (Å²) >= 11 is 0. The third kappa shape index (κ3) is 3.67. The molecule has 1 aromatic rings. The van der Waals surface area contributed by atoms with Gasteiger partial charge in [-0.25, -0.2) is 9.18 Å². The Kier molecular flexibility index (Phi) is 5.12. The zero-order valence-electron chi connectivity index (χ0n) is 13.1.